The summed E-state index contributed by atoms with van der Waals surface area (Å²) in [6, 6.07) is -0.869. The molecule has 0 aliphatic rings. The summed E-state index contributed by atoms with van der Waals surface area (Å²) < 4.78 is 0. The zero-order chi connectivity index (χ0) is 29.4. The van der Waals surface area contributed by atoms with Gasteiger partial charge in [0.05, 0.1) is 18.8 Å². The second-order valence-corrected chi connectivity index (χ2v) is 12.4. The van der Waals surface area contributed by atoms with E-state index >= 15 is 0 Å². The standard InChI is InChI=1S/C35H72N2O3/c1-3-5-7-9-11-13-15-17-19-21-23-25-27-29-31-36-35(40)37-33(32-38)34(39)30-28-26-24-22-20-18-16-14-12-10-8-6-4-2/h33-34,38-39H,3-32H2,1-2H3,(H2,36,37,40). The van der Waals surface area contributed by atoms with Gasteiger partial charge in [0, 0.05) is 6.54 Å². The van der Waals surface area contributed by atoms with E-state index in [0.29, 0.717) is 13.0 Å². The van der Waals surface area contributed by atoms with Crippen LogP contribution in [-0.2, 0) is 0 Å². The molecule has 0 aliphatic heterocycles. The van der Waals surface area contributed by atoms with E-state index in [1.165, 1.54) is 148 Å². The van der Waals surface area contributed by atoms with Crippen molar-refractivity contribution >= 4 is 6.03 Å². The van der Waals surface area contributed by atoms with E-state index < -0.39 is 12.1 Å². The molecule has 0 radical (unpaired) electrons. The van der Waals surface area contributed by atoms with E-state index in [1.54, 1.807) is 0 Å². The minimum atomic E-state index is -0.690. The summed E-state index contributed by atoms with van der Waals surface area (Å²) in [5, 5.41) is 25.7. The van der Waals surface area contributed by atoms with E-state index in [0.717, 1.165) is 25.7 Å². The molecule has 2 unspecified atom stereocenters. The summed E-state index contributed by atoms with van der Waals surface area (Å²) in [6.45, 7) is 4.96. The Bertz CT molecular complexity index is 503. The number of rotatable bonds is 32. The predicted octanol–water partition coefficient (Wildman–Crippen LogP) is 9.97. The Morgan fingerprint density at radius 3 is 1.20 bits per heavy atom. The summed E-state index contributed by atoms with van der Waals surface area (Å²) in [5.74, 6) is 0. The first-order chi connectivity index (χ1) is 19.7. The van der Waals surface area contributed by atoms with Gasteiger partial charge in [-0.3, -0.25) is 0 Å². The molecule has 2 atom stereocenters. The van der Waals surface area contributed by atoms with Crippen molar-refractivity contribution in [2.45, 2.75) is 206 Å². The quantitative estimate of drug-likeness (QED) is 0.0609. The van der Waals surface area contributed by atoms with Gasteiger partial charge in [-0.05, 0) is 12.8 Å². The average Bonchev–Trinajstić information content (AvgIpc) is 2.96. The molecule has 0 heterocycles. The van der Waals surface area contributed by atoms with E-state index in [1.807, 2.05) is 0 Å². The van der Waals surface area contributed by atoms with Crippen LogP contribution in [0.3, 0.4) is 0 Å². The number of nitrogens with one attached hydrogen (secondary N) is 2. The van der Waals surface area contributed by atoms with Crippen LogP contribution >= 0.6 is 0 Å². The fourth-order valence-electron chi connectivity index (χ4n) is 5.58. The first kappa shape index (κ1) is 39.2. The Morgan fingerprint density at radius 1 is 0.525 bits per heavy atom. The monoisotopic (exact) mass is 569 g/mol. The van der Waals surface area contributed by atoms with Crippen molar-refractivity contribution in [1.82, 2.24) is 10.6 Å². The molecule has 5 heteroatoms. The molecule has 2 amide bonds. The van der Waals surface area contributed by atoms with Gasteiger partial charge in [-0.2, -0.15) is 0 Å². The van der Waals surface area contributed by atoms with Gasteiger partial charge in [-0.15, -0.1) is 0 Å². The van der Waals surface area contributed by atoms with Crippen molar-refractivity contribution in [2.75, 3.05) is 13.2 Å². The summed E-state index contributed by atoms with van der Waals surface area (Å²) in [5.41, 5.74) is 0. The van der Waals surface area contributed by atoms with Gasteiger partial charge in [0.1, 0.15) is 0 Å². The zero-order valence-corrected chi connectivity index (χ0v) is 27.2. The third-order valence-electron chi connectivity index (χ3n) is 8.40. The molecule has 0 bridgehead atoms. The number of unbranched alkanes of at least 4 members (excludes halogenated alkanes) is 25. The average molecular weight is 569 g/mol. The number of aliphatic hydroxyl groups is 2. The van der Waals surface area contributed by atoms with E-state index in [9.17, 15) is 15.0 Å². The molecule has 240 valence electrons. The van der Waals surface area contributed by atoms with Crippen molar-refractivity contribution in [3.05, 3.63) is 0 Å². The minimum Gasteiger partial charge on any atom is -0.394 e. The molecule has 4 N–H and O–H groups in total. The zero-order valence-electron chi connectivity index (χ0n) is 27.2. The number of carbonyl (C=O) groups is 1. The normalized spacial score (nSPS) is 12.9. The maximum Gasteiger partial charge on any atom is 0.315 e. The first-order valence-electron chi connectivity index (χ1n) is 18.0. The fourth-order valence-corrected chi connectivity index (χ4v) is 5.58. The molecule has 0 aromatic carbocycles. The Kier molecular flexibility index (Phi) is 32.0. The van der Waals surface area contributed by atoms with Crippen LogP contribution in [0.2, 0.25) is 0 Å². The van der Waals surface area contributed by atoms with Crippen molar-refractivity contribution in [2.24, 2.45) is 0 Å². The summed E-state index contributed by atoms with van der Waals surface area (Å²) in [6.07, 6.45) is 35.3. The van der Waals surface area contributed by atoms with Crippen LogP contribution in [-0.4, -0.2) is 41.5 Å². The number of aliphatic hydroxyl groups excluding tert-OH is 2. The molecule has 0 aromatic rings. The van der Waals surface area contributed by atoms with Crippen molar-refractivity contribution in [3.63, 3.8) is 0 Å². The lowest BCUT2D eigenvalue weighted by molar-refractivity contribution is 0.0847. The Labute approximate surface area is 250 Å². The van der Waals surface area contributed by atoms with Crippen LogP contribution in [0.1, 0.15) is 194 Å². The molecular weight excluding hydrogens is 496 g/mol. The Morgan fingerprint density at radius 2 is 0.850 bits per heavy atom. The minimum absolute atomic E-state index is 0.230. The van der Waals surface area contributed by atoms with Crippen LogP contribution in [0.25, 0.3) is 0 Å². The van der Waals surface area contributed by atoms with Crippen molar-refractivity contribution in [1.29, 1.82) is 0 Å². The Balaban J connectivity index is 3.52. The number of hydrogen-bond acceptors (Lipinski definition) is 3. The van der Waals surface area contributed by atoms with Gasteiger partial charge in [-0.1, -0.05) is 181 Å². The lowest BCUT2D eigenvalue weighted by Gasteiger charge is -2.22. The van der Waals surface area contributed by atoms with Crippen molar-refractivity contribution < 1.29 is 15.0 Å². The van der Waals surface area contributed by atoms with Crippen LogP contribution in [0.4, 0.5) is 4.79 Å². The van der Waals surface area contributed by atoms with Crippen LogP contribution in [0.5, 0.6) is 0 Å². The lowest BCUT2D eigenvalue weighted by atomic mass is 10.0. The predicted molar refractivity (Wildman–Crippen MR) is 174 cm³/mol. The highest BCUT2D eigenvalue weighted by Gasteiger charge is 2.20. The topological polar surface area (TPSA) is 81.6 Å². The number of urea groups is 1. The molecule has 40 heavy (non-hydrogen) atoms. The fraction of sp³-hybridized carbons (Fsp3) is 0.971. The van der Waals surface area contributed by atoms with Gasteiger partial charge in [-0.25, -0.2) is 4.79 Å². The molecule has 0 aliphatic carbocycles. The second kappa shape index (κ2) is 32.7. The van der Waals surface area contributed by atoms with Gasteiger partial charge in [0.25, 0.3) is 0 Å². The van der Waals surface area contributed by atoms with Gasteiger partial charge >= 0.3 is 6.03 Å². The third-order valence-corrected chi connectivity index (χ3v) is 8.40. The molecule has 0 saturated heterocycles. The molecule has 0 rings (SSSR count). The molecule has 0 fully saturated rings. The Hall–Kier alpha value is -0.810. The maximum atomic E-state index is 12.2. The van der Waals surface area contributed by atoms with Gasteiger partial charge in [0.2, 0.25) is 0 Å². The largest absolute Gasteiger partial charge is 0.394 e. The summed E-state index contributed by atoms with van der Waals surface area (Å²) in [7, 11) is 0. The van der Waals surface area contributed by atoms with Crippen LogP contribution in [0, 0.1) is 0 Å². The van der Waals surface area contributed by atoms with Crippen LogP contribution in [0.15, 0.2) is 0 Å². The molecule has 0 aromatic heterocycles. The third kappa shape index (κ3) is 28.7. The highest BCUT2D eigenvalue weighted by atomic mass is 16.3. The SMILES string of the molecule is CCCCCCCCCCCCCCCCNC(=O)NC(CO)C(O)CCCCCCCCCCCCCCC. The molecule has 0 spiro atoms. The molecule has 0 saturated carbocycles. The highest BCUT2D eigenvalue weighted by Crippen LogP contribution is 2.15. The molecular formula is C35H72N2O3. The number of amides is 2. The maximum absolute atomic E-state index is 12.2. The van der Waals surface area contributed by atoms with E-state index in [-0.39, 0.29) is 12.6 Å². The van der Waals surface area contributed by atoms with Gasteiger partial charge in [0.15, 0.2) is 0 Å². The highest BCUT2D eigenvalue weighted by molar-refractivity contribution is 5.74. The second-order valence-electron chi connectivity index (χ2n) is 12.4. The first-order valence-corrected chi connectivity index (χ1v) is 18.0. The smallest absolute Gasteiger partial charge is 0.315 e. The number of carbonyl (C=O) groups excluding carboxylic acids is 1. The van der Waals surface area contributed by atoms with E-state index in [2.05, 4.69) is 24.5 Å². The summed E-state index contributed by atoms with van der Waals surface area (Å²) in [4.78, 5) is 12.2. The van der Waals surface area contributed by atoms with Crippen LogP contribution < -0.4 is 10.6 Å². The number of hydrogen-bond donors (Lipinski definition) is 4. The molecule has 5 nitrogen and oxygen atoms in total. The lowest BCUT2D eigenvalue weighted by Crippen LogP contribution is -2.49. The van der Waals surface area contributed by atoms with Crippen molar-refractivity contribution in [3.8, 4) is 0 Å². The summed E-state index contributed by atoms with van der Waals surface area (Å²) >= 11 is 0. The van der Waals surface area contributed by atoms with Gasteiger partial charge < -0.3 is 20.8 Å². The van der Waals surface area contributed by atoms with E-state index in [4.69, 9.17) is 0 Å².